The van der Waals surface area contributed by atoms with Crippen molar-refractivity contribution in [2.45, 2.75) is 30.3 Å². The molecule has 110 valence electrons. The Hall–Kier alpha value is -0.310. The third-order valence-electron chi connectivity index (χ3n) is 2.49. The molecule has 19 heavy (non-hydrogen) atoms. The van der Waals surface area contributed by atoms with Crippen LogP contribution < -0.4 is 0 Å². The quantitative estimate of drug-likeness (QED) is 0.774. The molecule has 1 aromatic rings. The first kappa shape index (κ1) is 16.7. The molecular weight excluding hydrogens is 323 g/mol. The fraction of sp³-hybridized carbons (Fsp3) is 0.600. The minimum Gasteiger partial charge on any atom is -0.207 e. The van der Waals surface area contributed by atoms with Crippen LogP contribution in [0.4, 0.5) is 13.2 Å². The molecule has 0 fully saturated rings. The Kier molecular flexibility index (Phi) is 5.28. The van der Waals surface area contributed by atoms with Gasteiger partial charge in [0.15, 0.2) is 0 Å². The molecule has 0 aliphatic heterocycles. The zero-order chi connectivity index (χ0) is 14.8. The van der Waals surface area contributed by atoms with Gasteiger partial charge in [0.2, 0.25) is 10.0 Å². The largest absolute Gasteiger partial charge is 0.390 e. The summed E-state index contributed by atoms with van der Waals surface area (Å²) in [5, 5.41) is 1.63. The monoisotopic (exact) mass is 335 g/mol. The SMILES string of the molecule is Cc1csc(CCl)c1S(=O)(=O)N(C)CCC(F)(F)F. The predicted octanol–water partition coefficient (Wildman–Crippen LogP) is 3.37. The van der Waals surface area contributed by atoms with Gasteiger partial charge in [0.05, 0.1) is 12.3 Å². The molecule has 0 saturated heterocycles. The van der Waals surface area contributed by atoms with E-state index in [2.05, 4.69) is 0 Å². The number of alkyl halides is 4. The van der Waals surface area contributed by atoms with E-state index in [1.807, 2.05) is 0 Å². The van der Waals surface area contributed by atoms with Crippen LogP contribution in [0.15, 0.2) is 10.3 Å². The average molecular weight is 336 g/mol. The standard InChI is InChI=1S/C10H13ClF3NO2S2/c1-7-6-18-8(5-11)9(7)19(16,17)15(2)4-3-10(12,13)14/h6H,3-5H2,1-2H3. The second-order valence-electron chi connectivity index (χ2n) is 4.00. The topological polar surface area (TPSA) is 37.4 Å². The maximum absolute atomic E-state index is 12.2. The van der Waals surface area contributed by atoms with Gasteiger partial charge >= 0.3 is 6.18 Å². The minimum absolute atomic E-state index is 0.0141. The molecule has 0 aliphatic rings. The molecule has 0 bridgehead atoms. The molecule has 0 N–H and O–H groups in total. The summed E-state index contributed by atoms with van der Waals surface area (Å²) in [6, 6.07) is 0. The highest BCUT2D eigenvalue weighted by molar-refractivity contribution is 7.89. The van der Waals surface area contributed by atoms with E-state index in [0.29, 0.717) is 14.7 Å². The first-order chi connectivity index (χ1) is 8.59. The van der Waals surface area contributed by atoms with Crippen molar-refractivity contribution in [3.63, 3.8) is 0 Å². The molecule has 0 unspecified atom stereocenters. The molecule has 1 heterocycles. The van der Waals surface area contributed by atoms with Gasteiger partial charge in [0, 0.05) is 18.5 Å². The van der Waals surface area contributed by atoms with Gasteiger partial charge in [0.1, 0.15) is 4.90 Å². The second kappa shape index (κ2) is 5.99. The fourth-order valence-corrected chi connectivity index (χ4v) is 4.66. The maximum atomic E-state index is 12.2. The van der Waals surface area contributed by atoms with Crippen molar-refractivity contribution in [3.8, 4) is 0 Å². The lowest BCUT2D eigenvalue weighted by Gasteiger charge is -2.18. The summed E-state index contributed by atoms with van der Waals surface area (Å²) in [6.45, 7) is 0.986. The Labute approximate surface area is 119 Å². The van der Waals surface area contributed by atoms with E-state index >= 15 is 0 Å². The summed E-state index contributed by atoms with van der Waals surface area (Å²) in [5.74, 6) is 0.0141. The Bertz CT molecular complexity index is 539. The van der Waals surface area contributed by atoms with E-state index in [1.54, 1.807) is 12.3 Å². The van der Waals surface area contributed by atoms with E-state index in [-0.39, 0.29) is 10.8 Å². The van der Waals surface area contributed by atoms with Gasteiger partial charge in [-0.25, -0.2) is 12.7 Å². The van der Waals surface area contributed by atoms with Gasteiger partial charge in [-0.1, -0.05) is 0 Å². The number of hydrogen-bond acceptors (Lipinski definition) is 3. The highest BCUT2D eigenvalue weighted by Crippen LogP contribution is 2.31. The molecule has 1 rings (SSSR count). The maximum Gasteiger partial charge on any atom is 0.390 e. The van der Waals surface area contributed by atoms with Gasteiger partial charge in [-0.3, -0.25) is 0 Å². The molecule has 0 saturated carbocycles. The van der Waals surface area contributed by atoms with Crippen LogP contribution >= 0.6 is 22.9 Å². The van der Waals surface area contributed by atoms with Gasteiger partial charge in [-0.05, 0) is 17.9 Å². The highest BCUT2D eigenvalue weighted by Gasteiger charge is 2.32. The van der Waals surface area contributed by atoms with Crippen molar-refractivity contribution in [1.82, 2.24) is 4.31 Å². The zero-order valence-electron chi connectivity index (χ0n) is 10.3. The Balaban J connectivity index is 3.00. The summed E-state index contributed by atoms with van der Waals surface area (Å²) in [4.78, 5) is 0.468. The summed E-state index contributed by atoms with van der Waals surface area (Å²) in [7, 11) is -2.80. The lowest BCUT2D eigenvalue weighted by molar-refractivity contribution is -0.135. The Morgan fingerprint density at radius 3 is 2.47 bits per heavy atom. The second-order valence-corrected chi connectivity index (χ2v) is 7.21. The van der Waals surface area contributed by atoms with Gasteiger partial charge in [-0.15, -0.1) is 22.9 Å². The van der Waals surface area contributed by atoms with Crippen molar-refractivity contribution >= 4 is 33.0 Å². The zero-order valence-corrected chi connectivity index (χ0v) is 12.7. The predicted molar refractivity (Wildman–Crippen MR) is 69.1 cm³/mol. The molecule has 0 aliphatic carbocycles. The van der Waals surface area contributed by atoms with E-state index in [4.69, 9.17) is 11.6 Å². The van der Waals surface area contributed by atoms with Crippen LogP contribution in [0.2, 0.25) is 0 Å². The smallest absolute Gasteiger partial charge is 0.207 e. The molecule has 9 heteroatoms. The van der Waals surface area contributed by atoms with Crippen LogP contribution in [0, 0.1) is 6.92 Å². The fourth-order valence-electron chi connectivity index (χ4n) is 1.49. The summed E-state index contributed by atoms with van der Waals surface area (Å²) in [5.41, 5.74) is 0.500. The van der Waals surface area contributed by atoms with Crippen LogP contribution in [0.3, 0.4) is 0 Å². The van der Waals surface area contributed by atoms with E-state index in [1.165, 1.54) is 11.3 Å². The minimum atomic E-state index is -4.39. The van der Waals surface area contributed by atoms with E-state index < -0.39 is 29.2 Å². The van der Waals surface area contributed by atoms with Crippen molar-refractivity contribution in [3.05, 3.63) is 15.8 Å². The van der Waals surface area contributed by atoms with E-state index in [0.717, 1.165) is 7.05 Å². The average Bonchev–Trinajstić information content (AvgIpc) is 2.66. The molecule has 3 nitrogen and oxygen atoms in total. The van der Waals surface area contributed by atoms with Crippen molar-refractivity contribution in [2.75, 3.05) is 13.6 Å². The third-order valence-corrected chi connectivity index (χ3v) is 6.24. The number of rotatable bonds is 5. The van der Waals surface area contributed by atoms with Crippen LogP contribution in [0.1, 0.15) is 16.9 Å². The van der Waals surface area contributed by atoms with Gasteiger partial charge < -0.3 is 0 Å². The van der Waals surface area contributed by atoms with Crippen LogP contribution in [0.5, 0.6) is 0 Å². The first-order valence-electron chi connectivity index (χ1n) is 5.25. The van der Waals surface area contributed by atoms with Gasteiger partial charge in [0.25, 0.3) is 0 Å². The van der Waals surface area contributed by atoms with Crippen LogP contribution in [-0.2, 0) is 15.9 Å². The van der Waals surface area contributed by atoms with Gasteiger partial charge in [-0.2, -0.15) is 13.2 Å². The normalized spacial score (nSPS) is 13.2. The molecular formula is C10H13ClF3NO2S2. The Morgan fingerprint density at radius 2 is 2.00 bits per heavy atom. The lowest BCUT2D eigenvalue weighted by Crippen LogP contribution is -2.31. The summed E-state index contributed by atoms with van der Waals surface area (Å²) in [6.07, 6.45) is -5.56. The van der Waals surface area contributed by atoms with Crippen LogP contribution in [-0.4, -0.2) is 32.5 Å². The third kappa shape index (κ3) is 4.08. The lowest BCUT2D eigenvalue weighted by atomic mass is 10.3. The van der Waals surface area contributed by atoms with Crippen molar-refractivity contribution < 1.29 is 21.6 Å². The number of nitrogens with zero attached hydrogens (tertiary/aromatic N) is 1. The highest BCUT2D eigenvalue weighted by atomic mass is 35.5. The van der Waals surface area contributed by atoms with Crippen molar-refractivity contribution in [2.24, 2.45) is 0 Å². The first-order valence-corrected chi connectivity index (χ1v) is 8.11. The number of thiophene rings is 1. The number of sulfonamides is 1. The molecule has 0 spiro atoms. The molecule has 0 atom stereocenters. The molecule has 0 amide bonds. The van der Waals surface area contributed by atoms with Crippen LogP contribution in [0.25, 0.3) is 0 Å². The molecule has 0 aromatic carbocycles. The summed E-state index contributed by atoms with van der Waals surface area (Å²) >= 11 is 6.84. The number of halogens is 4. The Morgan fingerprint density at radius 1 is 1.42 bits per heavy atom. The summed E-state index contributed by atoms with van der Waals surface area (Å²) < 4.78 is 61.5. The number of hydrogen-bond donors (Lipinski definition) is 0. The molecule has 1 aromatic heterocycles. The van der Waals surface area contributed by atoms with Crippen molar-refractivity contribution in [1.29, 1.82) is 0 Å². The molecule has 0 radical (unpaired) electrons. The van der Waals surface area contributed by atoms with E-state index in [9.17, 15) is 21.6 Å². The number of aryl methyl sites for hydroxylation is 1.